The smallest absolute Gasteiger partial charge is 0.328 e. The number of methoxy groups -OCH3 is 1. The Labute approximate surface area is 105 Å². The van der Waals surface area contributed by atoms with Gasteiger partial charge >= 0.3 is 5.97 Å². The van der Waals surface area contributed by atoms with Gasteiger partial charge < -0.3 is 10.1 Å². The number of esters is 1. The summed E-state index contributed by atoms with van der Waals surface area (Å²) in [7, 11) is 1.27. The summed E-state index contributed by atoms with van der Waals surface area (Å²) in [5, 5.41) is 6.22. The maximum atomic E-state index is 11.8. The van der Waals surface area contributed by atoms with Crippen LogP contribution in [-0.2, 0) is 19.1 Å². The molecule has 100 valence electrons. The number of carbonyl (C=O) groups excluding carboxylic acids is 3. The molecule has 7 nitrogen and oxygen atoms in total. The van der Waals surface area contributed by atoms with Crippen LogP contribution >= 0.6 is 0 Å². The standard InChI is InChI=1S/C11H17N3O4/c1-6(2)9(11(17)18-3)12-10(16)7-4-5-8(15)14-13-7/h6,9H,4-5H2,1-3H3,(H,12,16)(H,14,15)/t9-/m0/s1. The lowest BCUT2D eigenvalue weighted by molar-refractivity contribution is -0.145. The van der Waals surface area contributed by atoms with Crippen molar-refractivity contribution in [1.82, 2.24) is 10.7 Å². The molecular formula is C11H17N3O4. The molecule has 7 heteroatoms. The molecule has 1 rings (SSSR count). The number of carbonyl (C=O) groups is 3. The Kier molecular flexibility index (Phi) is 4.82. The molecule has 1 aliphatic heterocycles. The van der Waals surface area contributed by atoms with Gasteiger partial charge in [0.05, 0.1) is 7.11 Å². The fourth-order valence-corrected chi connectivity index (χ4v) is 1.49. The van der Waals surface area contributed by atoms with E-state index in [0.717, 1.165) is 0 Å². The molecule has 0 saturated carbocycles. The zero-order chi connectivity index (χ0) is 13.7. The maximum absolute atomic E-state index is 11.8. The SMILES string of the molecule is COC(=O)[C@@H](NC(=O)C1=NNC(=O)CC1)C(C)C. The summed E-state index contributed by atoms with van der Waals surface area (Å²) in [6.45, 7) is 3.60. The summed E-state index contributed by atoms with van der Waals surface area (Å²) in [6.07, 6.45) is 0.487. The van der Waals surface area contributed by atoms with Crippen molar-refractivity contribution in [3.8, 4) is 0 Å². The number of hydrogen-bond donors (Lipinski definition) is 2. The van der Waals surface area contributed by atoms with Crippen molar-refractivity contribution in [2.75, 3.05) is 7.11 Å². The third-order valence-electron chi connectivity index (χ3n) is 2.57. The van der Waals surface area contributed by atoms with Gasteiger partial charge in [-0.2, -0.15) is 5.10 Å². The lowest BCUT2D eigenvalue weighted by Crippen LogP contribution is -2.48. The third kappa shape index (κ3) is 3.54. The van der Waals surface area contributed by atoms with E-state index in [-0.39, 0.29) is 30.4 Å². The van der Waals surface area contributed by atoms with Crippen LogP contribution in [0.4, 0.5) is 0 Å². The van der Waals surface area contributed by atoms with E-state index in [1.54, 1.807) is 13.8 Å². The summed E-state index contributed by atoms with van der Waals surface area (Å²) in [6, 6.07) is -0.720. The number of hydrogen-bond acceptors (Lipinski definition) is 5. The maximum Gasteiger partial charge on any atom is 0.328 e. The Balaban J connectivity index is 2.67. The minimum absolute atomic E-state index is 0.0971. The van der Waals surface area contributed by atoms with Gasteiger partial charge in [0.2, 0.25) is 5.91 Å². The lowest BCUT2D eigenvalue weighted by atomic mass is 10.0. The number of hydrazone groups is 1. The van der Waals surface area contributed by atoms with E-state index in [0.29, 0.717) is 0 Å². The summed E-state index contributed by atoms with van der Waals surface area (Å²) in [5.41, 5.74) is 2.44. The van der Waals surface area contributed by atoms with E-state index in [1.165, 1.54) is 7.11 Å². The van der Waals surface area contributed by atoms with Gasteiger partial charge in [-0.25, -0.2) is 10.2 Å². The van der Waals surface area contributed by atoms with Gasteiger partial charge in [-0.15, -0.1) is 0 Å². The van der Waals surface area contributed by atoms with Gasteiger partial charge in [-0.1, -0.05) is 13.8 Å². The van der Waals surface area contributed by atoms with Crippen LogP contribution in [0, 0.1) is 5.92 Å². The van der Waals surface area contributed by atoms with Gasteiger partial charge in [0.25, 0.3) is 5.91 Å². The molecule has 1 aliphatic rings. The van der Waals surface area contributed by atoms with Crippen LogP contribution in [0.5, 0.6) is 0 Å². The quantitative estimate of drug-likeness (QED) is 0.666. The van der Waals surface area contributed by atoms with Crippen molar-refractivity contribution < 1.29 is 19.1 Å². The predicted molar refractivity (Wildman–Crippen MR) is 63.6 cm³/mol. The highest BCUT2D eigenvalue weighted by atomic mass is 16.5. The molecule has 0 bridgehead atoms. The normalized spacial score (nSPS) is 16.7. The Hall–Kier alpha value is -1.92. The summed E-state index contributed by atoms with van der Waals surface area (Å²) < 4.78 is 4.62. The molecule has 0 saturated heterocycles. The zero-order valence-electron chi connectivity index (χ0n) is 10.6. The zero-order valence-corrected chi connectivity index (χ0v) is 10.6. The van der Waals surface area contributed by atoms with E-state index in [4.69, 9.17) is 0 Å². The first-order chi connectivity index (χ1) is 8.45. The first-order valence-electron chi connectivity index (χ1n) is 5.69. The van der Waals surface area contributed by atoms with Gasteiger partial charge in [0.1, 0.15) is 11.8 Å². The van der Waals surface area contributed by atoms with Crippen LogP contribution in [0.3, 0.4) is 0 Å². The predicted octanol–water partition coefficient (Wildman–Crippen LogP) is -0.434. The molecule has 0 unspecified atom stereocenters. The molecule has 1 atom stereocenters. The minimum atomic E-state index is -0.720. The molecule has 2 N–H and O–H groups in total. The fourth-order valence-electron chi connectivity index (χ4n) is 1.49. The van der Waals surface area contributed by atoms with Gasteiger partial charge in [-0.3, -0.25) is 9.59 Å². The first kappa shape index (κ1) is 14.1. The summed E-state index contributed by atoms with van der Waals surface area (Å²) in [5.74, 6) is -1.28. The first-order valence-corrected chi connectivity index (χ1v) is 5.69. The number of amides is 2. The monoisotopic (exact) mass is 255 g/mol. The molecular weight excluding hydrogens is 238 g/mol. The number of nitrogens with zero attached hydrogens (tertiary/aromatic N) is 1. The number of nitrogens with one attached hydrogen (secondary N) is 2. The van der Waals surface area contributed by atoms with Crippen molar-refractivity contribution in [3.05, 3.63) is 0 Å². The van der Waals surface area contributed by atoms with E-state index in [1.807, 2.05) is 0 Å². The van der Waals surface area contributed by atoms with Crippen molar-refractivity contribution in [2.24, 2.45) is 11.0 Å². The van der Waals surface area contributed by atoms with Crippen molar-refractivity contribution in [1.29, 1.82) is 0 Å². The highest BCUT2D eigenvalue weighted by Gasteiger charge is 2.27. The molecule has 0 aromatic rings. The van der Waals surface area contributed by atoms with Crippen LogP contribution < -0.4 is 10.7 Å². The molecule has 0 aromatic carbocycles. The Morgan fingerprint density at radius 3 is 2.50 bits per heavy atom. The molecule has 2 amide bonds. The fraction of sp³-hybridized carbons (Fsp3) is 0.636. The highest BCUT2D eigenvalue weighted by molar-refractivity contribution is 6.39. The van der Waals surface area contributed by atoms with Crippen LogP contribution in [0.25, 0.3) is 0 Å². The molecule has 0 aromatic heterocycles. The van der Waals surface area contributed by atoms with Crippen LogP contribution in [0.1, 0.15) is 26.7 Å². The topological polar surface area (TPSA) is 96.9 Å². The Morgan fingerprint density at radius 2 is 2.06 bits per heavy atom. The Bertz CT molecular complexity index is 390. The molecule has 1 heterocycles. The van der Waals surface area contributed by atoms with Crippen molar-refractivity contribution in [3.63, 3.8) is 0 Å². The number of ether oxygens (including phenoxy) is 1. The van der Waals surface area contributed by atoms with E-state index < -0.39 is 17.9 Å². The largest absolute Gasteiger partial charge is 0.467 e. The second-order valence-corrected chi connectivity index (χ2v) is 4.31. The molecule has 0 radical (unpaired) electrons. The highest BCUT2D eigenvalue weighted by Crippen LogP contribution is 2.05. The van der Waals surface area contributed by atoms with E-state index >= 15 is 0 Å². The van der Waals surface area contributed by atoms with Crippen LogP contribution in [0.2, 0.25) is 0 Å². The second kappa shape index (κ2) is 6.13. The summed E-state index contributed by atoms with van der Waals surface area (Å²) in [4.78, 5) is 34.2. The minimum Gasteiger partial charge on any atom is -0.467 e. The molecule has 0 aliphatic carbocycles. The van der Waals surface area contributed by atoms with Crippen molar-refractivity contribution >= 4 is 23.5 Å². The summed E-state index contributed by atoms with van der Waals surface area (Å²) >= 11 is 0. The number of rotatable bonds is 4. The Morgan fingerprint density at radius 1 is 1.39 bits per heavy atom. The second-order valence-electron chi connectivity index (χ2n) is 4.31. The van der Waals surface area contributed by atoms with Gasteiger partial charge in [-0.05, 0) is 5.92 Å². The molecule has 0 spiro atoms. The lowest BCUT2D eigenvalue weighted by Gasteiger charge is -2.20. The van der Waals surface area contributed by atoms with E-state index in [9.17, 15) is 14.4 Å². The molecule has 18 heavy (non-hydrogen) atoms. The average molecular weight is 255 g/mol. The van der Waals surface area contributed by atoms with Crippen LogP contribution in [0.15, 0.2) is 5.10 Å². The van der Waals surface area contributed by atoms with Crippen LogP contribution in [-0.4, -0.2) is 36.6 Å². The third-order valence-corrected chi connectivity index (χ3v) is 2.57. The van der Waals surface area contributed by atoms with Crippen molar-refractivity contribution in [2.45, 2.75) is 32.7 Å². The van der Waals surface area contributed by atoms with Gasteiger partial charge in [0.15, 0.2) is 0 Å². The average Bonchev–Trinajstić information content (AvgIpc) is 2.35. The van der Waals surface area contributed by atoms with E-state index in [2.05, 4.69) is 20.6 Å². The van der Waals surface area contributed by atoms with Gasteiger partial charge in [0, 0.05) is 12.8 Å². The molecule has 0 fully saturated rings.